The molecule has 1 aliphatic heterocycles. The SMILES string of the molecule is CCOC(=O)CC1(CC(=O)OCC)C(=O)N(CC(C)C)c2cc3c4c([nH]c3cc21)-c1[nH]ncc1CCC4. The number of nitrogens with zero attached hydrogens (tertiary/aromatic N) is 2. The number of carbonyl (C=O) groups excluding carboxylic acids is 3. The molecule has 1 amide bonds. The summed E-state index contributed by atoms with van der Waals surface area (Å²) in [6, 6.07) is 4.01. The summed E-state index contributed by atoms with van der Waals surface area (Å²) in [5.74, 6) is -1.10. The molecule has 0 atom stereocenters. The molecule has 1 aromatic carbocycles. The molecule has 3 aromatic rings. The number of anilines is 1. The zero-order valence-corrected chi connectivity index (χ0v) is 21.9. The standard InChI is InChI=1S/C28H34N4O5/c1-5-36-23(33)12-28(13-24(34)37-6-2)20-11-21-19(10-22(20)32(27(28)35)15-16(3)4)18-9-7-8-17-14-29-31-25(17)26(18)30-21/h10-11,14,16,30H,5-9,12-13,15H2,1-4H3,(H,29,31). The highest BCUT2D eigenvalue weighted by atomic mass is 16.5. The molecule has 0 radical (unpaired) electrons. The van der Waals surface area contributed by atoms with Crippen LogP contribution in [0.4, 0.5) is 5.69 Å². The molecule has 9 heteroatoms. The summed E-state index contributed by atoms with van der Waals surface area (Å²) in [7, 11) is 0. The van der Waals surface area contributed by atoms with Crippen molar-refractivity contribution in [3.63, 3.8) is 0 Å². The number of carbonyl (C=O) groups is 3. The van der Waals surface area contributed by atoms with Crippen molar-refractivity contribution in [3.8, 4) is 11.4 Å². The van der Waals surface area contributed by atoms with Gasteiger partial charge in [0.2, 0.25) is 5.91 Å². The lowest BCUT2D eigenvalue weighted by Gasteiger charge is -2.27. The van der Waals surface area contributed by atoms with Crippen LogP contribution >= 0.6 is 0 Å². The third-order valence-electron chi connectivity index (χ3n) is 7.37. The van der Waals surface area contributed by atoms with Gasteiger partial charge in [0.05, 0.1) is 49.1 Å². The summed E-state index contributed by atoms with van der Waals surface area (Å²) in [5.41, 5.74) is 5.24. The van der Waals surface area contributed by atoms with Gasteiger partial charge in [-0.05, 0) is 67.9 Å². The van der Waals surface area contributed by atoms with E-state index in [0.29, 0.717) is 12.1 Å². The van der Waals surface area contributed by atoms with Crippen LogP contribution in [0.5, 0.6) is 0 Å². The van der Waals surface area contributed by atoms with Crippen molar-refractivity contribution in [2.24, 2.45) is 5.92 Å². The van der Waals surface area contributed by atoms with Crippen LogP contribution in [0.15, 0.2) is 18.3 Å². The molecule has 0 unspecified atom stereocenters. The zero-order valence-electron chi connectivity index (χ0n) is 21.9. The Bertz CT molecular complexity index is 1350. The number of aromatic amines is 2. The number of H-pyrrole nitrogens is 2. The summed E-state index contributed by atoms with van der Waals surface area (Å²) >= 11 is 0. The molecule has 3 heterocycles. The highest BCUT2D eigenvalue weighted by Gasteiger charge is 2.54. The first-order valence-corrected chi connectivity index (χ1v) is 13.1. The van der Waals surface area contributed by atoms with Crippen molar-refractivity contribution < 1.29 is 23.9 Å². The topological polar surface area (TPSA) is 117 Å². The average Bonchev–Trinajstić information content (AvgIpc) is 3.46. The van der Waals surface area contributed by atoms with Crippen LogP contribution in [0.2, 0.25) is 0 Å². The highest BCUT2D eigenvalue weighted by molar-refractivity contribution is 6.13. The van der Waals surface area contributed by atoms with Crippen molar-refractivity contribution >= 4 is 34.4 Å². The van der Waals surface area contributed by atoms with E-state index in [0.717, 1.165) is 47.2 Å². The van der Waals surface area contributed by atoms with E-state index in [-0.39, 0.29) is 37.9 Å². The van der Waals surface area contributed by atoms with Crippen molar-refractivity contribution in [1.82, 2.24) is 15.2 Å². The minimum atomic E-state index is -1.39. The van der Waals surface area contributed by atoms with Gasteiger partial charge in [-0.3, -0.25) is 19.5 Å². The minimum Gasteiger partial charge on any atom is -0.466 e. The van der Waals surface area contributed by atoms with Crippen LogP contribution in [0.25, 0.3) is 22.3 Å². The van der Waals surface area contributed by atoms with Gasteiger partial charge < -0.3 is 19.4 Å². The van der Waals surface area contributed by atoms with Gasteiger partial charge in [-0.2, -0.15) is 5.10 Å². The van der Waals surface area contributed by atoms with Gasteiger partial charge in [-0.1, -0.05) is 13.8 Å². The normalized spacial score (nSPS) is 15.9. The number of fused-ring (bicyclic) bond motifs is 6. The summed E-state index contributed by atoms with van der Waals surface area (Å²) in [6.07, 6.45) is 4.26. The molecule has 0 bridgehead atoms. The maximum atomic E-state index is 14.2. The number of rotatable bonds is 8. The third kappa shape index (κ3) is 4.20. The van der Waals surface area contributed by atoms with E-state index in [1.54, 1.807) is 18.7 Å². The highest BCUT2D eigenvalue weighted by Crippen LogP contribution is 2.50. The van der Waals surface area contributed by atoms with Crippen LogP contribution in [-0.2, 0) is 42.1 Å². The lowest BCUT2D eigenvalue weighted by atomic mass is 9.75. The molecule has 2 aliphatic rings. The van der Waals surface area contributed by atoms with E-state index in [4.69, 9.17) is 9.47 Å². The molecule has 196 valence electrons. The van der Waals surface area contributed by atoms with E-state index in [2.05, 4.69) is 21.2 Å². The molecule has 0 fully saturated rings. The molecule has 9 nitrogen and oxygen atoms in total. The second-order valence-electron chi connectivity index (χ2n) is 10.4. The molecule has 2 aromatic heterocycles. The van der Waals surface area contributed by atoms with E-state index >= 15 is 0 Å². The largest absolute Gasteiger partial charge is 0.466 e. The Kier molecular flexibility index (Phi) is 6.56. The average molecular weight is 507 g/mol. The summed E-state index contributed by atoms with van der Waals surface area (Å²) in [6.45, 7) is 8.41. The number of amides is 1. The minimum absolute atomic E-state index is 0.185. The molecule has 37 heavy (non-hydrogen) atoms. The first kappa shape index (κ1) is 25.0. The summed E-state index contributed by atoms with van der Waals surface area (Å²) in [4.78, 5) is 45.1. The molecule has 0 saturated heterocycles. The second kappa shape index (κ2) is 9.68. The van der Waals surface area contributed by atoms with Crippen LogP contribution in [0, 0.1) is 5.92 Å². The van der Waals surface area contributed by atoms with Gasteiger partial charge in [0, 0.05) is 23.1 Å². The molecule has 5 rings (SSSR count). The first-order valence-electron chi connectivity index (χ1n) is 13.1. The van der Waals surface area contributed by atoms with E-state index in [1.165, 1.54) is 11.1 Å². The fraction of sp³-hybridized carbons (Fsp3) is 0.500. The van der Waals surface area contributed by atoms with Gasteiger partial charge in [0.25, 0.3) is 0 Å². The maximum absolute atomic E-state index is 14.2. The Morgan fingerprint density at radius 2 is 1.78 bits per heavy atom. The number of benzene rings is 1. The Morgan fingerprint density at radius 1 is 1.08 bits per heavy atom. The number of aromatic nitrogens is 3. The zero-order chi connectivity index (χ0) is 26.3. The monoisotopic (exact) mass is 506 g/mol. The molecule has 0 saturated carbocycles. The van der Waals surface area contributed by atoms with Crippen molar-refractivity contribution in [1.29, 1.82) is 0 Å². The lowest BCUT2D eigenvalue weighted by molar-refractivity contribution is -0.151. The fourth-order valence-electron chi connectivity index (χ4n) is 5.89. The van der Waals surface area contributed by atoms with Crippen LogP contribution < -0.4 is 4.90 Å². The Balaban J connectivity index is 1.73. The molecular formula is C28H34N4O5. The van der Waals surface area contributed by atoms with E-state index < -0.39 is 17.4 Å². The third-order valence-corrected chi connectivity index (χ3v) is 7.37. The Hall–Kier alpha value is -3.62. The number of ether oxygens (including phenoxy) is 2. The Morgan fingerprint density at radius 3 is 2.43 bits per heavy atom. The van der Waals surface area contributed by atoms with Crippen molar-refractivity contribution in [3.05, 3.63) is 35.0 Å². The first-order chi connectivity index (χ1) is 17.8. The molecular weight excluding hydrogens is 472 g/mol. The number of hydrogen-bond donors (Lipinski definition) is 2. The van der Waals surface area contributed by atoms with Gasteiger partial charge >= 0.3 is 11.9 Å². The van der Waals surface area contributed by atoms with E-state index in [9.17, 15) is 14.4 Å². The molecule has 1 aliphatic carbocycles. The lowest BCUT2D eigenvalue weighted by Crippen LogP contribution is -2.45. The summed E-state index contributed by atoms with van der Waals surface area (Å²) in [5, 5.41) is 8.44. The smallest absolute Gasteiger partial charge is 0.307 e. The number of aryl methyl sites for hydroxylation is 2. The summed E-state index contributed by atoms with van der Waals surface area (Å²) < 4.78 is 10.5. The molecule has 0 spiro atoms. The van der Waals surface area contributed by atoms with Gasteiger partial charge in [0.1, 0.15) is 0 Å². The predicted molar refractivity (Wildman–Crippen MR) is 139 cm³/mol. The van der Waals surface area contributed by atoms with Crippen LogP contribution in [0.1, 0.15) is 63.6 Å². The van der Waals surface area contributed by atoms with Gasteiger partial charge in [-0.15, -0.1) is 0 Å². The van der Waals surface area contributed by atoms with E-state index in [1.807, 2.05) is 26.1 Å². The maximum Gasteiger partial charge on any atom is 0.307 e. The van der Waals surface area contributed by atoms with Crippen molar-refractivity contribution in [2.75, 3.05) is 24.7 Å². The molecule has 2 N–H and O–H groups in total. The Labute approximate surface area is 215 Å². The second-order valence-corrected chi connectivity index (χ2v) is 10.4. The quantitative estimate of drug-likeness (QED) is 0.443. The van der Waals surface area contributed by atoms with Crippen molar-refractivity contribution in [2.45, 2.75) is 65.2 Å². The number of hydrogen-bond acceptors (Lipinski definition) is 6. The van der Waals surface area contributed by atoms with Gasteiger partial charge in [0.15, 0.2) is 0 Å². The van der Waals surface area contributed by atoms with Crippen LogP contribution in [0.3, 0.4) is 0 Å². The van der Waals surface area contributed by atoms with Crippen LogP contribution in [-0.4, -0.2) is 52.8 Å². The number of esters is 2. The fourth-order valence-corrected chi connectivity index (χ4v) is 5.89. The number of nitrogens with one attached hydrogen (secondary N) is 2. The van der Waals surface area contributed by atoms with Gasteiger partial charge in [-0.25, -0.2) is 0 Å². The predicted octanol–water partition coefficient (Wildman–Crippen LogP) is 4.19.